The van der Waals surface area contributed by atoms with Gasteiger partial charge in [0.25, 0.3) is 0 Å². The van der Waals surface area contributed by atoms with Crippen molar-refractivity contribution in [2.75, 3.05) is 59.5 Å². The average Bonchev–Trinajstić information content (AvgIpc) is 3.25. The van der Waals surface area contributed by atoms with E-state index in [0.717, 1.165) is 57.5 Å². The quantitative estimate of drug-likeness (QED) is 0.664. The first-order chi connectivity index (χ1) is 14.8. The number of sulfonamides is 1. The van der Waals surface area contributed by atoms with Crippen LogP contribution in [0.1, 0.15) is 31.7 Å². The molecule has 3 heterocycles. The van der Waals surface area contributed by atoms with Gasteiger partial charge in [0.1, 0.15) is 0 Å². The van der Waals surface area contributed by atoms with Crippen LogP contribution in [-0.4, -0.2) is 88.0 Å². The summed E-state index contributed by atoms with van der Waals surface area (Å²) in [5.41, 5.74) is 0.484. The lowest BCUT2D eigenvalue weighted by Gasteiger charge is -2.46. The SMILES string of the molecule is CCN1CCC2(CN(CCOC)CC23CCN(S(=O)(=O)c2ccc(C)cc2)CC3)C1=O. The number of amides is 1. The average molecular weight is 450 g/mol. The molecule has 7 nitrogen and oxygen atoms in total. The van der Waals surface area contributed by atoms with Crippen LogP contribution in [0.15, 0.2) is 29.2 Å². The zero-order valence-corrected chi connectivity index (χ0v) is 19.8. The molecule has 3 aliphatic rings. The fourth-order valence-corrected chi connectivity index (χ4v) is 7.43. The van der Waals surface area contributed by atoms with Crippen molar-refractivity contribution in [2.24, 2.45) is 10.8 Å². The maximum absolute atomic E-state index is 13.5. The van der Waals surface area contributed by atoms with E-state index in [1.54, 1.807) is 23.5 Å². The normalized spacial score (nSPS) is 27.1. The third-order valence-electron chi connectivity index (χ3n) is 7.87. The molecule has 1 aromatic rings. The molecule has 0 aliphatic carbocycles. The molecule has 8 heteroatoms. The lowest BCUT2D eigenvalue weighted by Crippen LogP contribution is -2.53. The fourth-order valence-electron chi connectivity index (χ4n) is 5.99. The van der Waals surface area contributed by atoms with Crippen molar-refractivity contribution >= 4 is 15.9 Å². The highest BCUT2D eigenvalue weighted by atomic mass is 32.2. The summed E-state index contributed by atoms with van der Waals surface area (Å²) in [7, 11) is -1.81. The summed E-state index contributed by atoms with van der Waals surface area (Å²) >= 11 is 0. The van der Waals surface area contributed by atoms with Crippen LogP contribution in [0, 0.1) is 17.8 Å². The molecule has 3 saturated heterocycles. The fraction of sp³-hybridized carbons (Fsp3) is 0.696. The Bertz CT molecular complexity index is 909. The van der Waals surface area contributed by atoms with Crippen molar-refractivity contribution < 1.29 is 17.9 Å². The number of hydrogen-bond acceptors (Lipinski definition) is 5. The Balaban J connectivity index is 1.57. The third-order valence-corrected chi connectivity index (χ3v) is 9.78. The predicted molar refractivity (Wildman–Crippen MR) is 119 cm³/mol. The largest absolute Gasteiger partial charge is 0.383 e. The van der Waals surface area contributed by atoms with Crippen LogP contribution in [0.4, 0.5) is 0 Å². The number of methoxy groups -OCH3 is 1. The van der Waals surface area contributed by atoms with Gasteiger partial charge in [-0.25, -0.2) is 8.42 Å². The van der Waals surface area contributed by atoms with Gasteiger partial charge < -0.3 is 9.64 Å². The first-order valence-corrected chi connectivity index (χ1v) is 12.8. The van der Waals surface area contributed by atoms with E-state index >= 15 is 0 Å². The maximum atomic E-state index is 13.5. The van der Waals surface area contributed by atoms with Gasteiger partial charge in [0.2, 0.25) is 15.9 Å². The van der Waals surface area contributed by atoms with Gasteiger partial charge in [0.05, 0.1) is 16.9 Å². The van der Waals surface area contributed by atoms with E-state index in [9.17, 15) is 13.2 Å². The minimum atomic E-state index is -3.51. The summed E-state index contributed by atoms with van der Waals surface area (Å²) in [5, 5.41) is 0. The Morgan fingerprint density at radius 1 is 1.03 bits per heavy atom. The van der Waals surface area contributed by atoms with Crippen LogP contribution < -0.4 is 0 Å². The molecule has 4 rings (SSSR count). The van der Waals surface area contributed by atoms with Crippen molar-refractivity contribution in [1.82, 2.24) is 14.1 Å². The van der Waals surface area contributed by atoms with Crippen molar-refractivity contribution in [2.45, 2.75) is 38.0 Å². The van der Waals surface area contributed by atoms with Gasteiger partial charge in [-0.2, -0.15) is 4.31 Å². The lowest BCUT2D eigenvalue weighted by atomic mass is 9.60. The van der Waals surface area contributed by atoms with Gasteiger partial charge in [-0.1, -0.05) is 17.7 Å². The topological polar surface area (TPSA) is 70.2 Å². The Kier molecular flexibility index (Phi) is 6.20. The lowest BCUT2D eigenvalue weighted by molar-refractivity contribution is -0.141. The van der Waals surface area contributed by atoms with Gasteiger partial charge in [0, 0.05) is 58.3 Å². The van der Waals surface area contributed by atoms with Crippen molar-refractivity contribution in [3.63, 3.8) is 0 Å². The summed E-state index contributed by atoms with van der Waals surface area (Å²) in [4.78, 5) is 18.2. The van der Waals surface area contributed by atoms with Crippen LogP contribution in [0.25, 0.3) is 0 Å². The van der Waals surface area contributed by atoms with Crippen molar-refractivity contribution in [3.8, 4) is 0 Å². The standard InChI is InChI=1S/C23H35N3O4S/c1-4-25-12-11-23(21(25)27)18-24(15-16-30-3)17-22(23)9-13-26(14-10-22)31(28,29)20-7-5-19(2)6-8-20/h5-8H,4,9-18H2,1-3H3. The number of piperidine rings is 1. The Labute approximate surface area is 186 Å². The summed E-state index contributed by atoms with van der Waals surface area (Å²) in [6.07, 6.45) is 2.32. The number of carbonyl (C=O) groups is 1. The van der Waals surface area contributed by atoms with E-state index in [1.165, 1.54) is 0 Å². The van der Waals surface area contributed by atoms with E-state index in [4.69, 9.17) is 4.74 Å². The number of fused-ring (bicyclic) bond motifs is 1. The van der Waals surface area contributed by atoms with Crippen LogP contribution in [0.2, 0.25) is 0 Å². The Hall–Kier alpha value is -1.48. The zero-order chi connectivity index (χ0) is 22.3. The van der Waals surface area contributed by atoms with Crippen molar-refractivity contribution in [3.05, 3.63) is 29.8 Å². The molecule has 0 aromatic heterocycles. The smallest absolute Gasteiger partial charge is 0.243 e. The monoisotopic (exact) mass is 449 g/mol. The van der Waals surface area contributed by atoms with E-state index in [1.807, 2.05) is 30.9 Å². The predicted octanol–water partition coefficient (Wildman–Crippen LogP) is 1.97. The molecule has 1 unspecified atom stereocenters. The first kappa shape index (κ1) is 22.7. The molecule has 0 saturated carbocycles. The number of hydrogen-bond donors (Lipinski definition) is 0. The summed E-state index contributed by atoms with van der Waals surface area (Å²) in [5.74, 6) is 0.268. The molecular formula is C23H35N3O4S. The molecule has 172 valence electrons. The van der Waals surface area contributed by atoms with E-state index in [2.05, 4.69) is 4.90 Å². The molecule has 2 spiro atoms. The van der Waals surface area contributed by atoms with Gasteiger partial charge in [-0.3, -0.25) is 9.69 Å². The van der Waals surface area contributed by atoms with Crippen LogP contribution >= 0.6 is 0 Å². The van der Waals surface area contributed by atoms with Crippen LogP contribution in [0.5, 0.6) is 0 Å². The molecule has 1 amide bonds. The third kappa shape index (κ3) is 3.71. The molecule has 3 fully saturated rings. The molecule has 0 bridgehead atoms. The number of aryl methyl sites for hydroxylation is 1. The zero-order valence-electron chi connectivity index (χ0n) is 19.0. The van der Waals surface area contributed by atoms with Crippen molar-refractivity contribution in [1.29, 1.82) is 0 Å². The Morgan fingerprint density at radius 3 is 2.29 bits per heavy atom. The highest BCUT2D eigenvalue weighted by Gasteiger charge is 2.65. The molecule has 1 atom stereocenters. The van der Waals surface area contributed by atoms with E-state index in [-0.39, 0.29) is 11.3 Å². The second-order valence-corrected chi connectivity index (χ2v) is 11.4. The molecule has 3 aliphatic heterocycles. The van der Waals surface area contributed by atoms with Gasteiger partial charge in [-0.05, 0) is 45.2 Å². The molecule has 31 heavy (non-hydrogen) atoms. The molecule has 0 N–H and O–H groups in total. The highest BCUT2D eigenvalue weighted by Crippen LogP contribution is 2.58. The summed E-state index contributed by atoms with van der Waals surface area (Å²) in [6.45, 7) is 9.53. The summed E-state index contributed by atoms with van der Waals surface area (Å²) in [6, 6.07) is 7.07. The molecular weight excluding hydrogens is 414 g/mol. The first-order valence-electron chi connectivity index (χ1n) is 11.4. The maximum Gasteiger partial charge on any atom is 0.243 e. The van der Waals surface area contributed by atoms with E-state index < -0.39 is 15.4 Å². The minimum absolute atomic E-state index is 0.166. The summed E-state index contributed by atoms with van der Waals surface area (Å²) < 4.78 is 33.3. The number of nitrogens with zero attached hydrogens (tertiary/aromatic N) is 3. The van der Waals surface area contributed by atoms with Crippen LogP contribution in [0.3, 0.4) is 0 Å². The number of carbonyl (C=O) groups excluding carboxylic acids is 1. The van der Waals surface area contributed by atoms with Gasteiger partial charge >= 0.3 is 0 Å². The van der Waals surface area contributed by atoms with Crippen LogP contribution in [-0.2, 0) is 19.6 Å². The molecule has 1 aromatic carbocycles. The van der Waals surface area contributed by atoms with Gasteiger partial charge in [0.15, 0.2) is 0 Å². The minimum Gasteiger partial charge on any atom is -0.383 e. The number of rotatable bonds is 6. The molecule has 0 radical (unpaired) electrons. The number of likely N-dealkylation sites (tertiary alicyclic amines) is 2. The second-order valence-electron chi connectivity index (χ2n) is 9.42. The van der Waals surface area contributed by atoms with E-state index in [0.29, 0.717) is 24.6 Å². The Morgan fingerprint density at radius 2 is 1.71 bits per heavy atom. The number of benzene rings is 1. The second kappa shape index (κ2) is 8.46. The number of ether oxygens (including phenoxy) is 1. The highest BCUT2D eigenvalue weighted by molar-refractivity contribution is 7.89. The van der Waals surface area contributed by atoms with Gasteiger partial charge in [-0.15, -0.1) is 0 Å².